The molecule has 1 rings (SSSR count). The van der Waals surface area contributed by atoms with Gasteiger partial charge in [0.1, 0.15) is 0 Å². The van der Waals surface area contributed by atoms with Crippen molar-refractivity contribution >= 4 is 0 Å². The first-order valence-corrected chi connectivity index (χ1v) is 3.07. The largest absolute Gasteiger partial charge is 0.619 e. The molecule has 0 bridgehead atoms. The standard InChI is InChI=1S/C7H9NO2/c1-6(9)7-2-4-8(10)5-3-7/h2-6,9H,1H3. The van der Waals surface area contributed by atoms with Crippen molar-refractivity contribution in [2.45, 2.75) is 13.0 Å². The van der Waals surface area contributed by atoms with Crippen LogP contribution in [-0.2, 0) is 0 Å². The number of pyridine rings is 1. The van der Waals surface area contributed by atoms with Gasteiger partial charge < -0.3 is 10.3 Å². The van der Waals surface area contributed by atoms with Crippen LogP contribution >= 0.6 is 0 Å². The summed E-state index contributed by atoms with van der Waals surface area (Å²) in [6.07, 6.45) is 2.23. The zero-order chi connectivity index (χ0) is 7.56. The number of hydrogen-bond acceptors (Lipinski definition) is 2. The van der Waals surface area contributed by atoms with Crippen molar-refractivity contribution in [1.29, 1.82) is 0 Å². The van der Waals surface area contributed by atoms with E-state index in [-0.39, 0.29) is 0 Å². The topological polar surface area (TPSA) is 47.2 Å². The van der Waals surface area contributed by atoms with E-state index in [1.807, 2.05) is 0 Å². The highest BCUT2D eigenvalue weighted by Gasteiger charge is 1.99. The predicted molar refractivity (Wildman–Crippen MR) is 36.0 cm³/mol. The summed E-state index contributed by atoms with van der Waals surface area (Å²) in [7, 11) is 0. The molecule has 1 aromatic heterocycles. The smallest absolute Gasteiger partial charge is 0.180 e. The van der Waals surface area contributed by atoms with Gasteiger partial charge in [0.15, 0.2) is 12.4 Å². The zero-order valence-corrected chi connectivity index (χ0v) is 5.69. The molecule has 0 aliphatic rings. The minimum absolute atomic E-state index is 0.499. The maximum absolute atomic E-state index is 10.5. The van der Waals surface area contributed by atoms with Crippen LogP contribution in [0, 0.1) is 5.21 Å². The van der Waals surface area contributed by atoms with Crippen molar-refractivity contribution in [2.75, 3.05) is 0 Å². The first kappa shape index (κ1) is 7.02. The number of nitrogens with zero attached hydrogens (tertiary/aromatic N) is 1. The Morgan fingerprint density at radius 3 is 2.40 bits per heavy atom. The molecule has 3 nitrogen and oxygen atoms in total. The first-order chi connectivity index (χ1) is 4.70. The third-order valence-corrected chi connectivity index (χ3v) is 1.31. The average molecular weight is 139 g/mol. The van der Waals surface area contributed by atoms with Crippen LogP contribution in [0.25, 0.3) is 0 Å². The van der Waals surface area contributed by atoms with Gasteiger partial charge in [-0.2, -0.15) is 4.73 Å². The quantitative estimate of drug-likeness (QED) is 0.451. The van der Waals surface area contributed by atoms with E-state index in [9.17, 15) is 5.21 Å². The van der Waals surface area contributed by atoms with E-state index in [4.69, 9.17) is 5.11 Å². The van der Waals surface area contributed by atoms with Gasteiger partial charge in [0.25, 0.3) is 0 Å². The van der Waals surface area contributed by atoms with E-state index < -0.39 is 6.10 Å². The van der Waals surface area contributed by atoms with Crippen LogP contribution in [0.1, 0.15) is 18.6 Å². The molecule has 0 radical (unpaired) electrons. The summed E-state index contributed by atoms with van der Waals surface area (Å²) in [5.74, 6) is 0. The van der Waals surface area contributed by atoms with Crippen molar-refractivity contribution in [3.63, 3.8) is 0 Å². The molecule has 0 saturated carbocycles. The molecule has 54 valence electrons. The fourth-order valence-electron chi connectivity index (χ4n) is 0.703. The lowest BCUT2D eigenvalue weighted by molar-refractivity contribution is -0.605. The second-order valence-corrected chi connectivity index (χ2v) is 2.17. The molecule has 0 aliphatic heterocycles. The average Bonchev–Trinajstić information content (AvgIpc) is 1.88. The molecule has 0 amide bonds. The van der Waals surface area contributed by atoms with Crippen molar-refractivity contribution in [2.24, 2.45) is 0 Å². The predicted octanol–water partition coefficient (Wildman–Crippen LogP) is 0.373. The lowest BCUT2D eigenvalue weighted by atomic mass is 10.2. The van der Waals surface area contributed by atoms with E-state index >= 15 is 0 Å². The normalized spacial score (nSPS) is 13.0. The Bertz CT molecular complexity index is 205. The molecule has 0 aromatic carbocycles. The van der Waals surface area contributed by atoms with Crippen LogP contribution < -0.4 is 4.73 Å². The summed E-state index contributed by atoms with van der Waals surface area (Å²) < 4.78 is 0.686. The summed E-state index contributed by atoms with van der Waals surface area (Å²) in [5.41, 5.74) is 0.757. The van der Waals surface area contributed by atoms with Gasteiger partial charge in [-0.05, 0) is 12.5 Å². The van der Waals surface area contributed by atoms with Gasteiger partial charge in [-0.3, -0.25) is 0 Å². The number of aromatic nitrogens is 1. The Labute approximate surface area is 59.1 Å². The fourth-order valence-corrected chi connectivity index (χ4v) is 0.703. The van der Waals surface area contributed by atoms with Crippen molar-refractivity contribution in [1.82, 2.24) is 0 Å². The lowest BCUT2D eigenvalue weighted by Gasteiger charge is -2.01. The van der Waals surface area contributed by atoms with Gasteiger partial charge in [-0.1, -0.05) is 0 Å². The molecule has 1 atom stereocenters. The monoisotopic (exact) mass is 139 g/mol. The van der Waals surface area contributed by atoms with Crippen LogP contribution in [0.5, 0.6) is 0 Å². The highest BCUT2D eigenvalue weighted by Crippen LogP contribution is 2.07. The fraction of sp³-hybridized carbons (Fsp3) is 0.286. The highest BCUT2D eigenvalue weighted by atomic mass is 16.5. The zero-order valence-electron chi connectivity index (χ0n) is 5.69. The number of rotatable bonds is 1. The summed E-state index contributed by atoms with van der Waals surface area (Å²) in [6.45, 7) is 1.66. The Morgan fingerprint density at radius 2 is 2.00 bits per heavy atom. The SMILES string of the molecule is CC(O)c1cc[n+]([O-])cc1. The van der Waals surface area contributed by atoms with Crippen molar-refractivity contribution < 1.29 is 9.84 Å². The summed E-state index contributed by atoms with van der Waals surface area (Å²) in [5, 5.41) is 19.5. The van der Waals surface area contributed by atoms with E-state index in [0.717, 1.165) is 5.56 Å². The molecule has 10 heavy (non-hydrogen) atoms. The maximum atomic E-state index is 10.5. The van der Waals surface area contributed by atoms with E-state index in [0.29, 0.717) is 4.73 Å². The second kappa shape index (κ2) is 2.66. The van der Waals surface area contributed by atoms with Crippen molar-refractivity contribution in [3.05, 3.63) is 35.3 Å². The van der Waals surface area contributed by atoms with Crippen LogP contribution in [-0.4, -0.2) is 5.11 Å². The molecular formula is C7H9NO2. The van der Waals surface area contributed by atoms with Crippen LogP contribution in [0.4, 0.5) is 0 Å². The number of hydrogen-bond donors (Lipinski definition) is 1. The van der Waals surface area contributed by atoms with Gasteiger partial charge in [0.2, 0.25) is 0 Å². The summed E-state index contributed by atoms with van der Waals surface area (Å²) >= 11 is 0. The number of aliphatic hydroxyl groups is 1. The maximum Gasteiger partial charge on any atom is 0.180 e. The van der Waals surface area contributed by atoms with Crippen molar-refractivity contribution in [3.8, 4) is 0 Å². The minimum atomic E-state index is -0.499. The van der Waals surface area contributed by atoms with E-state index in [1.54, 1.807) is 19.1 Å². The molecule has 1 heterocycles. The highest BCUT2D eigenvalue weighted by molar-refractivity contribution is 5.09. The van der Waals surface area contributed by atoms with Crippen LogP contribution in [0.3, 0.4) is 0 Å². The summed E-state index contributed by atoms with van der Waals surface area (Å²) in [6, 6.07) is 3.19. The molecule has 1 N–H and O–H groups in total. The third kappa shape index (κ3) is 1.45. The Hall–Kier alpha value is -1.09. The van der Waals surface area contributed by atoms with Gasteiger partial charge >= 0.3 is 0 Å². The Balaban J connectivity index is 2.89. The summed E-state index contributed by atoms with van der Waals surface area (Å²) in [4.78, 5) is 0. The molecule has 0 spiro atoms. The molecule has 0 aliphatic carbocycles. The molecule has 3 heteroatoms. The van der Waals surface area contributed by atoms with Gasteiger partial charge in [-0.15, -0.1) is 0 Å². The van der Waals surface area contributed by atoms with Gasteiger partial charge in [-0.25, -0.2) is 0 Å². The lowest BCUT2D eigenvalue weighted by Crippen LogP contribution is -2.23. The Kier molecular flexibility index (Phi) is 1.87. The van der Waals surface area contributed by atoms with Crippen LogP contribution in [0.15, 0.2) is 24.5 Å². The Morgan fingerprint density at radius 1 is 1.50 bits per heavy atom. The minimum Gasteiger partial charge on any atom is -0.619 e. The molecular weight excluding hydrogens is 130 g/mol. The molecule has 1 unspecified atom stereocenters. The second-order valence-electron chi connectivity index (χ2n) is 2.17. The van der Waals surface area contributed by atoms with Gasteiger partial charge in [0, 0.05) is 12.1 Å². The molecule has 0 saturated heterocycles. The molecule has 0 fully saturated rings. The van der Waals surface area contributed by atoms with E-state index in [1.165, 1.54) is 12.4 Å². The molecule has 1 aromatic rings. The van der Waals surface area contributed by atoms with Crippen LogP contribution in [0.2, 0.25) is 0 Å². The third-order valence-electron chi connectivity index (χ3n) is 1.31. The van der Waals surface area contributed by atoms with Gasteiger partial charge in [0.05, 0.1) is 6.10 Å². The number of aliphatic hydroxyl groups excluding tert-OH is 1. The van der Waals surface area contributed by atoms with E-state index in [2.05, 4.69) is 0 Å². The first-order valence-electron chi connectivity index (χ1n) is 3.07.